The number of likely N-dealkylation sites (tertiary alicyclic amines) is 1. The number of likely N-dealkylation sites (N-methyl/N-ethyl adjacent to an activating group) is 2. The van der Waals surface area contributed by atoms with Gasteiger partial charge < -0.3 is 38.9 Å². The Morgan fingerprint density at radius 3 is 1.68 bits per heavy atom. The third-order valence-electron chi connectivity index (χ3n) is 13.8. The summed E-state index contributed by atoms with van der Waals surface area (Å²) in [5.41, 5.74) is 4.40. The van der Waals surface area contributed by atoms with Gasteiger partial charge in [0.25, 0.3) is 11.1 Å². The monoisotopic (exact) mass is 1110 g/mol. The van der Waals surface area contributed by atoms with Crippen LogP contribution in [0.25, 0.3) is 33.2 Å². The number of rotatable bonds is 16. The number of nitrogens with zero attached hydrogens (tertiary/aromatic N) is 10. The van der Waals surface area contributed by atoms with Gasteiger partial charge in [-0.2, -0.15) is 0 Å². The summed E-state index contributed by atoms with van der Waals surface area (Å²) < 4.78 is 37.8. The number of nitrogens with one attached hydrogen (secondary N) is 1. The summed E-state index contributed by atoms with van der Waals surface area (Å²) in [6.45, 7) is 2.08. The number of sulfone groups is 1. The zero-order chi connectivity index (χ0) is 57.8. The number of aliphatic carboxylic acids is 2. The summed E-state index contributed by atoms with van der Waals surface area (Å²) in [6, 6.07) is 36.3. The van der Waals surface area contributed by atoms with E-state index < -0.39 is 44.3 Å². The van der Waals surface area contributed by atoms with Crippen molar-refractivity contribution in [1.29, 1.82) is 0 Å². The van der Waals surface area contributed by atoms with E-state index >= 15 is 0 Å². The number of aromatic nitrogens is 9. The summed E-state index contributed by atoms with van der Waals surface area (Å²) in [5, 5.41) is 18.6. The number of aromatic amines is 1. The molecule has 0 spiro atoms. The quantitative estimate of drug-likeness (QED) is 0.122. The number of ether oxygens (including phenoxy) is 1. The lowest BCUT2D eigenvalue weighted by Gasteiger charge is -2.20. The predicted octanol–water partition coefficient (Wildman–Crippen LogP) is 4.21. The number of benzene rings is 4. The van der Waals surface area contributed by atoms with E-state index in [0.717, 1.165) is 39.8 Å². The Morgan fingerprint density at radius 1 is 0.713 bits per heavy atom. The molecule has 4 aromatic carbocycles. The van der Waals surface area contributed by atoms with Gasteiger partial charge in [-0.25, -0.2) is 28.0 Å². The maximum atomic E-state index is 12.5. The molecular weight excluding hydrogens is 1050 g/mol. The van der Waals surface area contributed by atoms with E-state index in [2.05, 4.69) is 113 Å². The van der Waals surface area contributed by atoms with Crippen molar-refractivity contribution in [3.05, 3.63) is 192 Å². The van der Waals surface area contributed by atoms with Crippen LogP contribution in [0.5, 0.6) is 0 Å². The molecule has 1 aliphatic heterocycles. The SMILES string of the molecule is CN(C)CCOC(c1ccccc1)c1ccccc1.CN1CCC[C@@H]1Cc1c[nH]c2ccc(CCS(=O)(=O)c3ccccc3)cc12.Cn1c(=O)c2c(ncn2CC(=O)O)n(C)c1=O.Cn1c(=O)c2c(ncn2CC(=O)O)n(C)c1=O. The smallest absolute Gasteiger partial charge is 0.332 e. The van der Waals surface area contributed by atoms with E-state index in [1.54, 1.807) is 24.3 Å². The van der Waals surface area contributed by atoms with Crippen molar-refractivity contribution in [3.63, 3.8) is 0 Å². The molecule has 23 heteroatoms. The van der Waals surface area contributed by atoms with Gasteiger partial charge in [0.15, 0.2) is 32.2 Å². The molecule has 10 rings (SSSR count). The predicted molar refractivity (Wildman–Crippen MR) is 305 cm³/mol. The number of fused-ring (bicyclic) bond motifs is 3. The number of hydrogen-bond acceptors (Lipinski definition) is 13. The van der Waals surface area contributed by atoms with Gasteiger partial charge in [-0.1, -0.05) is 84.9 Å². The van der Waals surface area contributed by atoms with E-state index in [-0.39, 0.29) is 47.3 Å². The molecule has 0 aliphatic carbocycles. The molecule has 0 saturated carbocycles. The van der Waals surface area contributed by atoms with E-state index in [9.17, 15) is 37.2 Å². The second kappa shape index (κ2) is 26.4. The van der Waals surface area contributed by atoms with Gasteiger partial charge in [-0.05, 0) is 99.9 Å². The first-order chi connectivity index (χ1) is 38.2. The van der Waals surface area contributed by atoms with Crippen molar-refractivity contribution in [2.45, 2.75) is 55.8 Å². The number of aryl methyl sites for hydroxylation is 3. The van der Waals surface area contributed by atoms with Crippen molar-refractivity contribution in [1.82, 2.24) is 52.2 Å². The van der Waals surface area contributed by atoms with Crippen LogP contribution in [-0.2, 0) is 78.3 Å². The minimum Gasteiger partial charge on any atom is -0.480 e. The van der Waals surface area contributed by atoms with Crippen LogP contribution in [0.4, 0.5) is 0 Å². The second-order valence-corrected chi connectivity index (χ2v) is 21.8. The lowest BCUT2D eigenvalue weighted by molar-refractivity contribution is -0.138. The molecule has 6 heterocycles. The van der Waals surface area contributed by atoms with Gasteiger partial charge in [0.05, 0.1) is 29.9 Å². The van der Waals surface area contributed by atoms with Crippen LogP contribution in [0.1, 0.15) is 41.2 Å². The molecule has 80 heavy (non-hydrogen) atoms. The van der Waals surface area contributed by atoms with Crippen molar-refractivity contribution < 1.29 is 33.0 Å². The molecule has 0 amide bonds. The normalized spacial score (nSPS) is 13.5. The van der Waals surface area contributed by atoms with Crippen LogP contribution < -0.4 is 22.5 Å². The highest BCUT2D eigenvalue weighted by Crippen LogP contribution is 2.27. The molecule has 1 aliphatic rings. The molecule has 22 nitrogen and oxygen atoms in total. The number of imidazole rings is 2. The Bertz CT molecular complexity index is 3790. The van der Waals surface area contributed by atoms with Gasteiger partial charge in [0.2, 0.25) is 0 Å². The van der Waals surface area contributed by atoms with E-state index in [1.165, 1.54) is 101 Å². The van der Waals surface area contributed by atoms with Gasteiger partial charge >= 0.3 is 23.3 Å². The first-order valence-corrected chi connectivity index (χ1v) is 27.4. The third-order valence-corrected chi connectivity index (χ3v) is 15.5. The standard InChI is InChI=1S/C22H26N2O2S.C17H21NO.2C9H10N4O4/c1-24-12-5-6-19(24)15-18-16-23-22-10-9-17(14-21(18)22)11-13-27(25,26)20-7-3-2-4-8-20;1-18(2)13-14-19-17(15-9-5-3-6-10-15)16-11-7-4-8-12-16;2*1-11-7-6(8(16)12(2)9(11)17)13(4-10-7)3-5(14)15/h2-4,7-10,14,16,19,23H,5-6,11-13,15H2,1H3;3-12,17H,13-14H2,1-2H3;2*4H,3H2,1-2H3,(H,14,15)/t19-;;;/m1.../s1. The zero-order valence-electron chi connectivity index (χ0n) is 45.8. The fourth-order valence-electron chi connectivity index (χ4n) is 9.36. The lowest BCUT2D eigenvalue weighted by Crippen LogP contribution is -2.37. The third kappa shape index (κ3) is 14.2. The molecule has 9 aromatic rings. The number of carboxylic acids is 2. The van der Waals surface area contributed by atoms with Crippen LogP contribution in [0, 0.1) is 0 Å². The number of hydrogen-bond donors (Lipinski definition) is 3. The number of carbonyl (C=O) groups is 2. The van der Waals surface area contributed by atoms with Crippen LogP contribution in [0.2, 0.25) is 0 Å². The minimum atomic E-state index is -3.25. The summed E-state index contributed by atoms with van der Waals surface area (Å²) in [5.74, 6) is -2.03. The molecule has 0 radical (unpaired) electrons. The molecule has 0 unspecified atom stereocenters. The Kier molecular flexibility index (Phi) is 19.5. The second-order valence-electron chi connectivity index (χ2n) is 19.7. The van der Waals surface area contributed by atoms with Crippen LogP contribution in [0.15, 0.2) is 152 Å². The highest BCUT2D eigenvalue weighted by Gasteiger charge is 2.23. The topological polar surface area (TPSA) is 264 Å². The molecule has 3 N–H and O–H groups in total. The summed E-state index contributed by atoms with van der Waals surface area (Å²) in [4.78, 5) is 84.3. The highest BCUT2D eigenvalue weighted by atomic mass is 32.2. The van der Waals surface area contributed by atoms with Crippen LogP contribution >= 0.6 is 0 Å². The van der Waals surface area contributed by atoms with Crippen molar-refractivity contribution in [3.8, 4) is 0 Å². The van der Waals surface area contributed by atoms with E-state index in [1.807, 2.05) is 24.3 Å². The molecule has 1 fully saturated rings. The molecule has 422 valence electrons. The van der Waals surface area contributed by atoms with Crippen molar-refractivity contribution in [2.24, 2.45) is 28.2 Å². The minimum absolute atomic E-state index is 0.0161. The Hall–Kier alpha value is -8.51. The Labute approximate surface area is 460 Å². The molecule has 1 atom stereocenters. The van der Waals surface area contributed by atoms with Crippen LogP contribution in [0.3, 0.4) is 0 Å². The fraction of sp³-hybridized carbons (Fsp3) is 0.333. The van der Waals surface area contributed by atoms with E-state index in [4.69, 9.17) is 14.9 Å². The van der Waals surface area contributed by atoms with Gasteiger partial charge in [-0.15, -0.1) is 0 Å². The van der Waals surface area contributed by atoms with Crippen LogP contribution in [-0.4, -0.2) is 135 Å². The average molecular weight is 1110 g/mol. The zero-order valence-corrected chi connectivity index (χ0v) is 46.6. The first-order valence-electron chi connectivity index (χ1n) is 25.7. The Morgan fingerprint density at radius 2 is 1.21 bits per heavy atom. The molecule has 0 bridgehead atoms. The maximum Gasteiger partial charge on any atom is 0.332 e. The highest BCUT2D eigenvalue weighted by molar-refractivity contribution is 7.91. The number of H-pyrrole nitrogens is 1. The average Bonchev–Trinajstić information content (AvgIpc) is 4.40. The molecule has 1 saturated heterocycles. The summed E-state index contributed by atoms with van der Waals surface area (Å²) >= 11 is 0. The van der Waals surface area contributed by atoms with Gasteiger partial charge in [-0.3, -0.25) is 37.4 Å². The number of carboxylic acid groups (broad SMARTS) is 2. The van der Waals surface area contributed by atoms with E-state index in [0.29, 0.717) is 17.4 Å². The Balaban J connectivity index is 0.000000158. The summed E-state index contributed by atoms with van der Waals surface area (Å²) in [7, 11) is 8.69. The van der Waals surface area contributed by atoms with Gasteiger partial charge in [0.1, 0.15) is 19.2 Å². The van der Waals surface area contributed by atoms with Crippen molar-refractivity contribution in [2.75, 3.05) is 46.6 Å². The van der Waals surface area contributed by atoms with Crippen molar-refractivity contribution >= 4 is 55.0 Å². The first kappa shape index (κ1) is 59.2. The molecular formula is C57H67N11O11S. The largest absolute Gasteiger partial charge is 0.480 e. The molecule has 5 aromatic heterocycles. The van der Waals surface area contributed by atoms with Gasteiger partial charge in [0, 0.05) is 57.9 Å². The lowest BCUT2D eigenvalue weighted by atomic mass is 10.0. The summed E-state index contributed by atoms with van der Waals surface area (Å²) in [6.07, 6.45) is 8.69. The maximum absolute atomic E-state index is 12.5. The fourth-order valence-corrected chi connectivity index (χ4v) is 10.7.